The van der Waals surface area contributed by atoms with Gasteiger partial charge in [-0.1, -0.05) is 19.8 Å². The van der Waals surface area contributed by atoms with Crippen molar-refractivity contribution in [2.75, 3.05) is 0 Å². The van der Waals surface area contributed by atoms with Crippen LogP contribution in [0.2, 0.25) is 0 Å². The zero-order valence-electron chi connectivity index (χ0n) is 11.0. The summed E-state index contributed by atoms with van der Waals surface area (Å²) in [5.74, 6) is 0.833. The van der Waals surface area contributed by atoms with Crippen LogP contribution < -0.4 is 0 Å². The van der Waals surface area contributed by atoms with Crippen LogP contribution in [0.3, 0.4) is 0 Å². The smallest absolute Gasteiger partial charge is 0.175 e. The van der Waals surface area contributed by atoms with Gasteiger partial charge >= 0.3 is 0 Å². The highest BCUT2D eigenvalue weighted by molar-refractivity contribution is 7.20. The lowest BCUT2D eigenvalue weighted by atomic mass is 9.80. The quantitative estimate of drug-likeness (QED) is 0.701. The number of benzene rings is 1. The number of halogens is 1. The second-order valence-electron chi connectivity index (χ2n) is 5.63. The molecule has 0 N–H and O–H groups in total. The van der Waals surface area contributed by atoms with Crippen molar-refractivity contribution in [3.8, 4) is 0 Å². The van der Waals surface area contributed by atoms with Gasteiger partial charge in [-0.3, -0.25) is 4.79 Å². The Morgan fingerprint density at radius 1 is 1.32 bits per heavy atom. The second kappa shape index (κ2) is 5.04. The van der Waals surface area contributed by atoms with Gasteiger partial charge in [0.05, 0.1) is 4.88 Å². The summed E-state index contributed by atoms with van der Waals surface area (Å²) >= 11 is 1.49. The van der Waals surface area contributed by atoms with Crippen molar-refractivity contribution in [2.24, 2.45) is 11.8 Å². The van der Waals surface area contributed by atoms with Crippen LogP contribution in [-0.2, 0) is 0 Å². The molecule has 19 heavy (non-hydrogen) atoms. The first-order valence-corrected chi connectivity index (χ1v) is 7.68. The normalized spacial score (nSPS) is 23.7. The van der Waals surface area contributed by atoms with Crippen molar-refractivity contribution < 1.29 is 9.18 Å². The minimum atomic E-state index is -0.240. The van der Waals surface area contributed by atoms with E-state index in [-0.39, 0.29) is 17.5 Å². The van der Waals surface area contributed by atoms with Crippen LogP contribution in [-0.4, -0.2) is 5.78 Å². The van der Waals surface area contributed by atoms with E-state index in [4.69, 9.17) is 0 Å². The molecule has 1 aliphatic rings. The van der Waals surface area contributed by atoms with Gasteiger partial charge in [-0.2, -0.15) is 0 Å². The number of hydrogen-bond acceptors (Lipinski definition) is 2. The number of carbonyl (C=O) groups excluding carboxylic acids is 1. The topological polar surface area (TPSA) is 17.1 Å². The summed E-state index contributed by atoms with van der Waals surface area (Å²) in [7, 11) is 0. The van der Waals surface area contributed by atoms with Crippen LogP contribution in [0.15, 0.2) is 24.3 Å². The van der Waals surface area contributed by atoms with Crippen molar-refractivity contribution in [3.05, 3.63) is 35.0 Å². The highest BCUT2D eigenvalue weighted by Crippen LogP contribution is 2.34. The Hall–Kier alpha value is -1.22. The maximum Gasteiger partial charge on any atom is 0.175 e. The molecule has 0 amide bonds. The molecule has 1 nitrogen and oxygen atoms in total. The van der Waals surface area contributed by atoms with Gasteiger partial charge in [-0.25, -0.2) is 4.39 Å². The van der Waals surface area contributed by atoms with Gasteiger partial charge < -0.3 is 0 Å². The van der Waals surface area contributed by atoms with E-state index in [1.165, 1.54) is 29.9 Å². The summed E-state index contributed by atoms with van der Waals surface area (Å²) in [6.07, 6.45) is 4.39. The van der Waals surface area contributed by atoms with Crippen LogP contribution in [0.5, 0.6) is 0 Å². The molecular weight excluding hydrogens is 259 g/mol. The Morgan fingerprint density at radius 3 is 2.95 bits per heavy atom. The van der Waals surface area contributed by atoms with Crippen molar-refractivity contribution in [1.29, 1.82) is 0 Å². The number of fused-ring (bicyclic) bond motifs is 1. The molecule has 1 heterocycles. The zero-order valence-corrected chi connectivity index (χ0v) is 11.8. The minimum Gasteiger partial charge on any atom is -0.293 e. The van der Waals surface area contributed by atoms with E-state index >= 15 is 0 Å². The fraction of sp³-hybridized carbons (Fsp3) is 0.438. The monoisotopic (exact) mass is 276 g/mol. The van der Waals surface area contributed by atoms with Gasteiger partial charge in [-0.05, 0) is 48.4 Å². The average Bonchev–Trinajstić information content (AvgIpc) is 2.80. The Morgan fingerprint density at radius 2 is 2.16 bits per heavy atom. The third-order valence-corrected chi connectivity index (χ3v) is 5.16. The predicted octanol–water partition coefficient (Wildman–Crippen LogP) is 5.05. The highest BCUT2D eigenvalue weighted by Gasteiger charge is 2.26. The molecule has 2 aromatic rings. The first-order chi connectivity index (χ1) is 9.13. The fourth-order valence-corrected chi connectivity index (χ4v) is 4.07. The summed E-state index contributed by atoms with van der Waals surface area (Å²) < 4.78 is 14.2. The molecule has 1 aliphatic carbocycles. The molecule has 0 radical (unpaired) electrons. The van der Waals surface area contributed by atoms with Gasteiger partial charge in [0.15, 0.2) is 5.78 Å². The third-order valence-electron chi connectivity index (χ3n) is 4.03. The Labute approximate surface area is 116 Å². The van der Waals surface area contributed by atoms with E-state index in [0.29, 0.717) is 5.92 Å². The lowest BCUT2D eigenvalue weighted by Gasteiger charge is -2.25. The van der Waals surface area contributed by atoms with Gasteiger partial charge in [-0.15, -0.1) is 11.3 Å². The SMILES string of the molecule is CC1CCCC(C(=O)c2cc3cc(F)ccc3s2)C1. The molecule has 1 fully saturated rings. The number of ketones is 1. The summed E-state index contributed by atoms with van der Waals surface area (Å²) in [5, 5.41) is 0.845. The minimum absolute atomic E-state index is 0.168. The summed E-state index contributed by atoms with van der Waals surface area (Å²) in [4.78, 5) is 13.3. The number of rotatable bonds is 2. The Kier molecular flexibility index (Phi) is 3.40. The summed E-state index contributed by atoms with van der Waals surface area (Å²) in [5.41, 5.74) is 0. The molecule has 0 saturated heterocycles. The average molecular weight is 276 g/mol. The highest BCUT2D eigenvalue weighted by atomic mass is 32.1. The molecule has 0 bridgehead atoms. The number of Topliss-reactive ketones (excluding diaryl/α,β-unsaturated/α-hetero) is 1. The van der Waals surface area contributed by atoms with E-state index in [2.05, 4.69) is 6.92 Å². The summed E-state index contributed by atoms with van der Waals surface area (Å²) in [6, 6.07) is 6.57. The zero-order chi connectivity index (χ0) is 13.4. The largest absolute Gasteiger partial charge is 0.293 e. The molecule has 1 aromatic heterocycles. The Bertz CT molecular complexity index is 616. The van der Waals surface area contributed by atoms with Crippen LogP contribution in [0.1, 0.15) is 42.3 Å². The van der Waals surface area contributed by atoms with E-state index in [1.54, 1.807) is 6.07 Å². The predicted molar refractivity (Wildman–Crippen MR) is 77.2 cm³/mol. The van der Waals surface area contributed by atoms with Gasteiger partial charge in [0.2, 0.25) is 0 Å². The molecule has 1 aromatic carbocycles. The van der Waals surface area contributed by atoms with Gasteiger partial charge in [0.25, 0.3) is 0 Å². The third kappa shape index (κ3) is 2.57. The molecule has 0 aliphatic heterocycles. The summed E-state index contributed by atoms with van der Waals surface area (Å²) in [6.45, 7) is 2.22. The molecule has 3 rings (SSSR count). The van der Waals surface area contributed by atoms with Crippen LogP contribution in [0, 0.1) is 17.7 Å². The number of thiophene rings is 1. The molecule has 100 valence electrons. The van der Waals surface area contributed by atoms with Crippen molar-refractivity contribution in [1.82, 2.24) is 0 Å². The molecule has 2 unspecified atom stereocenters. The van der Waals surface area contributed by atoms with Crippen LogP contribution >= 0.6 is 11.3 Å². The molecule has 3 heteroatoms. The van der Waals surface area contributed by atoms with E-state index in [9.17, 15) is 9.18 Å². The second-order valence-corrected chi connectivity index (χ2v) is 6.71. The van der Waals surface area contributed by atoms with E-state index in [0.717, 1.165) is 34.2 Å². The lowest BCUT2D eigenvalue weighted by Crippen LogP contribution is -2.21. The molecular formula is C16H17FOS. The van der Waals surface area contributed by atoms with E-state index < -0.39 is 0 Å². The van der Waals surface area contributed by atoms with Crippen LogP contribution in [0.4, 0.5) is 4.39 Å². The fourth-order valence-electron chi connectivity index (χ4n) is 3.01. The Balaban J connectivity index is 1.88. The maximum atomic E-state index is 13.2. The van der Waals surface area contributed by atoms with Crippen molar-refractivity contribution >= 4 is 27.2 Å². The first-order valence-electron chi connectivity index (χ1n) is 6.87. The first kappa shape index (κ1) is 12.8. The van der Waals surface area contributed by atoms with Crippen molar-refractivity contribution in [3.63, 3.8) is 0 Å². The van der Waals surface area contributed by atoms with Crippen LogP contribution in [0.25, 0.3) is 10.1 Å². The number of carbonyl (C=O) groups is 1. The van der Waals surface area contributed by atoms with Gasteiger partial charge in [0.1, 0.15) is 5.82 Å². The van der Waals surface area contributed by atoms with E-state index in [1.807, 2.05) is 6.07 Å². The molecule has 1 saturated carbocycles. The van der Waals surface area contributed by atoms with Gasteiger partial charge in [0, 0.05) is 10.6 Å². The lowest BCUT2D eigenvalue weighted by molar-refractivity contribution is 0.0873. The number of hydrogen-bond donors (Lipinski definition) is 0. The molecule has 2 atom stereocenters. The maximum absolute atomic E-state index is 13.2. The standard InChI is InChI=1S/C16H17FOS/c1-10-3-2-4-11(7-10)16(18)15-9-12-8-13(17)5-6-14(12)19-15/h5-6,8-11H,2-4,7H2,1H3. The van der Waals surface area contributed by atoms with Crippen molar-refractivity contribution in [2.45, 2.75) is 32.6 Å². The molecule has 0 spiro atoms.